The third-order valence-electron chi connectivity index (χ3n) is 1.90. The Bertz CT molecular complexity index is 334. The second-order valence-electron chi connectivity index (χ2n) is 2.81. The molecule has 0 amide bonds. The van der Waals surface area contributed by atoms with Crippen molar-refractivity contribution in [1.82, 2.24) is 14.8 Å². The van der Waals surface area contributed by atoms with Crippen LogP contribution in [0.3, 0.4) is 0 Å². The molecule has 70 valence electrons. The fraction of sp³-hybridized carbons (Fsp3) is 0.571. The van der Waals surface area contributed by atoms with Gasteiger partial charge in [-0.2, -0.15) is 0 Å². The number of ether oxygens (including phenoxy) is 1. The van der Waals surface area contributed by atoms with Crippen molar-refractivity contribution in [3.8, 4) is 0 Å². The first-order valence-corrected chi connectivity index (χ1v) is 3.98. The largest absolute Gasteiger partial charge is 0.481 e. The summed E-state index contributed by atoms with van der Waals surface area (Å²) in [6.45, 7) is 1.66. The normalized spacial score (nSPS) is 15.4. The Kier molecular flexibility index (Phi) is 1.97. The van der Waals surface area contributed by atoms with E-state index in [0.717, 1.165) is 0 Å². The lowest BCUT2D eigenvalue weighted by atomic mass is 10.4. The fourth-order valence-electron chi connectivity index (χ4n) is 1.32. The number of rotatable bonds is 2. The third kappa shape index (κ3) is 1.52. The zero-order valence-corrected chi connectivity index (χ0v) is 6.93. The first kappa shape index (κ1) is 8.18. The average Bonchev–Trinajstić information content (AvgIpc) is 2.48. The van der Waals surface area contributed by atoms with Crippen molar-refractivity contribution >= 4 is 5.97 Å². The molecule has 0 radical (unpaired) electrons. The summed E-state index contributed by atoms with van der Waals surface area (Å²) in [5.41, 5.74) is 0. The summed E-state index contributed by atoms with van der Waals surface area (Å²) in [5.74, 6) is 0.329. The molecule has 1 aliphatic rings. The van der Waals surface area contributed by atoms with Crippen LogP contribution >= 0.6 is 0 Å². The molecule has 1 N–H and O–H groups in total. The van der Waals surface area contributed by atoms with Crippen molar-refractivity contribution in [1.29, 1.82) is 0 Å². The van der Waals surface area contributed by atoms with E-state index in [-0.39, 0.29) is 6.42 Å². The number of carbonyl (C=O) groups is 1. The summed E-state index contributed by atoms with van der Waals surface area (Å²) in [6, 6.07) is 0. The second kappa shape index (κ2) is 3.14. The molecule has 0 bridgehead atoms. The van der Waals surface area contributed by atoms with E-state index in [0.29, 0.717) is 31.4 Å². The maximum absolute atomic E-state index is 10.4. The molecule has 0 fully saturated rings. The first-order chi connectivity index (χ1) is 6.27. The molecule has 0 aliphatic carbocycles. The van der Waals surface area contributed by atoms with E-state index in [1.807, 2.05) is 0 Å². The van der Waals surface area contributed by atoms with E-state index < -0.39 is 5.97 Å². The molecule has 2 heterocycles. The highest BCUT2D eigenvalue weighted by Gasteiger charge is 2.17. The molecular formula is C7H9N3O3. The van der Waals surface area contributed by atoms with Gasteiger partial charge in [0.05, 0.1) is 6.61 Å². The van der Waals surface area contributed by atoms with Crippen LogP contribution in [0.2, 0.25) is 0 Å². The Morgan fingerprint density at radius 1 is 1.62 bits per heavy atom. The van der Waals surface area contributed by atoms with Gasteiger partial charge in [-0.25, -0.2) is 0 Å². The van der Waals surface area contributed by atoms with E-state index in [1.165, 1.54) is 0 Å². The van der Waals surface area contributed by atoms with Gasteiger partial charge in [0.15, 0.2) is 5.82 Å². The topological polar surface area (TPSA) is 77.2 Å². The minimum absolute atomic E-state index is 0.0764. The molecule has 0 unspecified atom stereocenters. The van der Waals surface area contributed by atoms with Crippen LogP contribution in [0.4, 0.5) is 0 Å². The van der Waals surface area contributed by atoms with Gasteiger partial charge >= 0.3 is 5.97 Å². The molecule has 2 rings (SSSR count). The van der Waals surface area contributed by atoms with Gasteiger partial charge < -0.3 is 14.4 Å². The van der Waals surface area contributed by atoms with Crippen molar-refractivity contribution < 1.29 is 14.6 Å². The molecule has 0 saturated heterocycles. The molecule has 0 spiro atoms. The van der Waals surface area contributed by atoms with E-state index in [4.69, 9.17) is 9.84 Å². The lowest BCUT2D eigenvalue weighted by molar-refractivity contribution is -0.136. The Morgan fingerprint density at radius 2 is 2.46 bits per heavy atom. The molecule has 1 aliphatic heterocycles. The van der Waals surface area contributed by atoms with Crippen LogP contribution in [0.5, 0.6) is 0 Å². The zero-order chi connectivity index (χ0) is 9.26. The van der Waals surface area contributed by atoms with Gasteiger partial charge in [0.1, 0.15) is 18.9 Å². The van der Waals surface area contributed by atoms with E-state index in [9.17, 15) is 4.79 Å². The number of aliphatic carboxylic acids is 1. The second-order valence-corrected chi connectivity index (χ2v) is 2.81. The van der Waals surface area contributed by atoms with E-state index in [2.05, 4.69) is 10.2 Å². The SMILES string of the molecule is O=C(O)Cc1nnc2n1CCOC2. The highest BCUT2D eigenvalue weighted by molar-refractivity contribution is 5.69. The van der Waals surface area contributed by atoms with Gasteiger partial charge in [-0.1, -0.05) is 0 Å². The lowest BCUT2D eigenvalue weighted by Gasteiger charge is -2.14. The summed E-state index contributed by atoms with van der Waals surface area (Å²) in [4.78, 5) is 10.4. The first-order valence-electron chi connectivity index (χ1n) is 3.98. The molecule has 1 aromatic heterocycles. The van der Waals surface area contributed by atoms with Gasteiger partial charge in [-0.3, -0.25) is 4.79 Å². The van der Waals surface area contributed by atoms with Crippen LogP contribution in [0, 0.1) is 0 Å². The van der Waals surface area contributed by atoms with Crippen molar-refractivity contribution in [3.63, 3.8) is 0 Å². The van der Waals surface area contributed by atoms with Crippen molar-refractivity contribution in [2.24, 2.45) is 0 Å². The zero-order valence-electron chi connectivity index (χ0n) is 6.93. The quantitative estimate of drug-likeness (QED) is 0.664. The summed E-state index contributed by atoms with van der Waals surface area (Å²) in [6.07, 6.45) is -0.0764. The molecule has 6 nitrogen and oxygen atoms in total. The molecule has 6 heteroatoms. The van der Waals surface area contributed by atoms with Gasteiger partial charge in [-0.05, 0) is 0 Å². The highest BCUT2D eigenvalue weighted by atomic mass is 16.5. The summed E-state index contributed by atoms with van der Waals surface area (Å²) < 4.78 is 6.95. The molecule has 0 atom stereocenters. The molecule has 1 aromatic rings. The lowest BCUT2D eigenvalue weighted by Crippen LogP contribution is -2.19. The maximum atomic E-state index is 10.4. The predicted octanol–water partition coefficient (Wildman–Crippen LogP) is -0.565. The summed E-state index contributed by atoms with van der Waals surface area (Å²) in [5, 5.41) is 16.2. The number of nitrogens with zero attached hydrogens (tertiary/aromatic N) is 3. The third-order valence-corrected chi connectivity index (χ3v) is 1.90. The Balaban J connectivity index is 2.26. The van der Waals surface area contributed by atoms with Crippen molar-refractivity contribution in [2.75, 3.05) is 6.61 Å². The number of fused-ring (bicyclic) bond motifs is 1. The number of carboxylic acid groups (broad SMARTS) is 1. The van der Waals surface area contributed by atoms with Crippen LogP contribution < -0.4 is 0 Å². The average molecular weight is 183 g/mol. The molecule has 0 saturated carbocycles. The summed E-state index contributed by atoms with van der Waals surface area (Å²) in [7, 11) is 0. The smallest absolute Gasteiger partial charge is 0.311 e. The Labute approximate surface area is 74.1 Å². The molecule has 0 aromatic carbocycles. The van der Waals surface area contributed by atoms with Gasteiger partial charge in [-0.15, -0.1) is 10.2 Å². The van der Waals surface area contributed by atoms with E-state index >= 15 is 0 Å². The number of carboxylic acids is 1. The minimum Gasteiger partial charge on any atom is -0.481 e. The monoisotopic (exact) mass is 183 g/mol. The summed E-state index contributed by atoms with van der Waals surface area (Å²) >= 11 is 0. The van der Waals surface area contributed by atoms with Crippen molar-refractivity contribution in [2.45, 2.75) is 19.6 Å². The maximum Gasteiger partial charge on any atom is 0.311 e. The van der Waals surface area contributed by atoms with Crippen LogP contribution in [0.25, 0.3) is 0 Å². The Hall–Kier alpha value is -1.43. The van der Waals surface area contributed by atoms with Gasteiger partial charge in [0.25, 0.3) is 0 Å². The van der Waals surface area contributed by atoms with Crippen LogP contribution in [-0.4, -0.2) is 32.4 Å². The molecular weight excluding hydrogens is 174 g/mol. The van der Waals surface area contributed by atoms with Crippen LogP contribution in [-0.2, 0) is 29.1 Å². The number of hydrogen-bond donors (Lipinski definition) is 1. The number of hydrogen-bond acceptors (Lipinski definition) is 4. The van der Waals surface area contributed by atoms with Crippen molar-refractivity contribution in [3.05, 3.63) is 11.6 Å². The van der Waals surface area contributed by atoms with Crippen LogP contribution in [0.15, 0.2) is 0 Å². The van der Waals surface area contributed by atoms with Gasteiger partial charge in [0.2, 0.25) is 0 Å². The minimum atomic E-state index is -0.887. The molecule has 13 heavy (non-hydrogen) atoms. The predicted molar refractivity (Wildman–Crippen MR) is 41.0 cm³/mol. The van der Waals surface area contributed by atoms with E-state index in [1.54, 1.807) is 4.57 Å². The number of aromatic nitrogens is 3. The van der Waals surface area contributed by atoms with Crippen LogP contribution in [0.1, 0.15) is 11.6 Å². The standard InChI is InChI=1S/C7H9N3O3/c11-7(12)3-5-8-9-6-4-13-2-1-10(5)6/h1-4H2,(H,11,12). The van der Waals surface area contributed by atoms with Gasteiger partial charge in [0, 0.05) is 6.54 Å². The fourth-order valence-corrected chi connectivity index (χ4v) is 1.32. The Morgan fingerprint density at radius 3 is 3.23 bits per heavy atom. The highest BCUT2D eigenvalue weighted by Crippen LogP contribution is 2.09.